The van der Waals surface area contributed by atoms with Gasteiger partial charge in [-0.3, -0.25) is 9.79 Å². The molecule has 1 aromatic heterocycles. The molecule has 0 N–H and O–H groups in total. The van der Waals surface area contributed by atoms with Crippen LogP contribution in [0.5, 0.6) is 0 Å². The molecule has 2 saturated heterocycles. The Morgan fingerprint density at radius 3 is 2.68 bits per heavy atom. The second kappa shape index (κ2) is 9.56. The van der Waals surface area contributed by atoms with E-state index in [0.717, 1.165) is 38.0 Å². The van der Waals surface area contributed by atoms with Crippen molar-refractivity contribution in [3.63, 3.8) is 0 Å². The van der Waals surface area contributed by atoms with Crippen molar-refractivity contribution in [1.29, 1.82) is 0 Å². The van der Waals surface area contributed by atoms with Gasteiger partial charge in [0.1, 0.15) is 0 Å². The highest BCUT2D eigenvalue weighted by Crippen LogP contribution is 2.30. The first-order chi connectivity index (χ1) is 15.1. The lowest BCUT2D eigenvalue weighted by atomic mass is 9.86. The van der Waals surface area contributed by atoms with E-state index >= 15 is 0 Å². The van der Waals surface area contributed by atoms with Crippen LogP contribution >= 0.6 is 0 Å². The van der Waals surface area contributed by atoms with Crippen molar-refractivity contribution in [2.75, 3.05) is 20.2 Å². The Morgan fingerprint density at radius 2 is 1.97 bits per heavy atom. The van der Waals surface area contributed by atoms with Crippen LogP contribution in [0.4, 0.5) is 0 Å². The van der Waals surface area contributed by atoms with E-state index in [1.165, 1.54) is 10.4 Å². The van der Waals surface area contributed by atoms with Gasteiger partial charge in [0, 0.05) is 26.2 Å². The van der Waals surface area contributed by atoms with Gasteiger partial charge in [0.05, 0.1) is 35.5 Å². The smallest absolute Gasteiger partial charge is 0.256 e. The third kappa shape index (κ3) is 4.61. The summed E-state index contributed by atoms with van der Waals surface area (Å²) < 4.78 is 5.82. The Balaban J connectivity index is 1.54. The lowest BCUT2D eigenvalue weighted by molar-refractivity contribution is 0.0586. The van der Waals surface area contributed by atoms with Gasteiger partial charge in [-0.15, -0.1) is 0 Å². The molecule has 0 radical (unpaired) electrons. The summed E-state index contributed by atoms with van der Waals surface area (Å²) in [6, 6.07) is 7.73. The highest BCUT2D eigenvalue weighted by atomic mass is 16.5. The molecule has 1 aromatic carbocycles. The van der Waals surface area contributed by atoms with Crippen LogP contribution in [0.15, 0.2) is 53.3 Å². The normalized spacial score (nSPS) is 25.1. The molecule has 2 fully saturated rings. The van der Waals surface area contributed by atoms with Crippen molar-refractivity contribution in [2.24, 2.45) is 10.9 Å². The van der Waals surface area contributed by atoms with Gasteiger partial charge >= 0.3 is 0 Å². The van der Waals surface area contributed by atoms with Crippen molar-refractivity contribution in [1.82, 2.24) is 19.9 Å². The summed E-state index contributed by atoms with van der Waals surface area (Å²) in [5.41, 5.74) is 3.62. The predicted molar refractivity (Wildman–Crippen MR) is 121 cm³/mol. The van der Waals surface area contributed by atoms with E-state index in [4.69, 9.17) is 4.74 Å². The van der Waals surface area contributed by atoms with Crippen LogP contribution in [0.2, 0.25) is 0 Å². The number of carbonyl (C=O) groups is 1. The monoisotopic (exact) mass is 421 g/mol. The van der Waals surface area contributed by atoms with Gasteiger partial charge in [-0.05, 0) is 63.7 Å². The van der Waals surface area contributed by atoms with Crippen molar-refractivity contribution < 1.29 is 9.53 Å². The molecule has 2 aromatic rings. The van der Waals surface area contributed by atoms with Crippen LogP contribution in [-0.4, -0.2) is 63.9 Å². The number of carbonyl (C=O) groups excluding carboxylic acids is 1. The van der Waals surface area contributed by atoms with E-state index in [0.29, 0.717) is 23.7 Å². The molecular weight excluding hydrogens is 390 g/mol. The first-order valence-corrected chi connectivity index (χ1v) is 11.1. The fourth-order valence-corrected chi connectivity index (χ4v) is 4.55. The number of likely N-dealkylation sites (tertiary alicyclic amines) is 1. The zero-order valence-corrected chi connectivity index (χ0v) is 18.6. The van der Waals surface area contributed by atoms with Gasteiger partial charge in [-0.2, -0.15) is 15.0 Å². The molecule has 164 valence electrons. The first-order valence-electron chi connectivity index (χ1n) is 11.1. The number of benzene rings is 1. The lowest BCUT2D eigenvalue weighted by Crippen LogP contribution is -2.46. The Kier molecular flexibility index (Phi) is 6.61. The molecule has 2 unspecified atom stereocenters. The number of rotatable bonds is 5. The van der Waals surface area contributed by atoms with Gasteiger partial charge < -0.3 is 9.64 Å². The third-order valence-corrected chi connectivity index (χ3v) is 6.45. The Morgan fingerprint density at radius 1 is 1.19 bits per heavy atom. The van der Waals surface area contributed by atoms with Gasteiger partial charge in [0.2, 0.25) is 0 Å². The largest absolute Gasteiger partial charge is 0.372 e. The maximum absolute atomic E-state index is 13.6. The van der Waals surface area contributed by atoms with Gasteiger partial charge in [-0.25, -0.2) is 0 Å². The SMILES string of the molecule is CN=C(/C=C(\C)C1CC[C@@H](C)N(C(=O)c2ccccc2-n2nccn2)C1)C1CCCO1. The van der Waals surface area contributed by atoms with Crippen molar-refractivity contribution in [3.05, 3.63) is 53.9 Å². The van der Waals surface area contributed by atoms with Crippen LogP contribution in [-0.2, 0) is 4.74 Å². The fraction of sp³-hybridized carbons (Fsp3) is 0.500. The maximum Gasteiger partial charge on any atom is 0.256 e. The topological polar surface area (TPSA) is 72.6 Å². The quantitative estimate of drug-likeness (QED) is 0.690. The zero-order valence-electron chi connectivity index (χ0n) is 18.6. The molecule has 3 atom stereocenters. The summed E-state index contributed by atoms with van der Waals surface area (Å²) in [5.74, 6) is 0.342. The Bertz CT molecular complexity index is 960. The van der Waals surface area contributed by atoms with E-state index in [-0.39, 0.29) is 18.1 Å². The third-order valence-electron chi connectivity index (χ3n) is 6.45. The average Bonchev–Trinajstić information content (AvgIpc) is 3.52. The van der Waals surface area contributed by atoms with Crippen molar-refractivity contribution in [3.8, 4) is 5.69 Å². The Labute approximate surface area is 183 Å². The molecule has 4 rings (SSSR count). The summed E-state index contributed by atoms with van der Waals surface area (Å²) >= 11 is 0. The highest BCUT2D eigenvalue weighted by molar-refractivity contribution is 5.99. The minimum absolute atomic E-state index is 0.0291. The van der Waals surface area contributed by atoms with Crippen LogP contribution in [0.3, 0.4) is 0 Å². The number of aliphatic imine (C=N–C) groups is 1. The molecular formula is C24H31N5O2. The molecule has 1 amide bonds. The molecule has 0 aliphatic carbocycles. The fourth-order valence-electron chi connectivity index (χ4n) is 4.55. The molecule has 0 bridgehead atoms. The molecule has 2 aliphatic rings. The number of ether oxygens (including phenoxy) is 1. The van der Waals surface area contributed by atoms with Gasteiger partial charge in [0.15, 0.2) is 0 Å². The molecule has 0 spiro atoms. The number of piperidine rings is 1. The van der Waals surface area contributed by atoms with E-state index in [2.05, 4.69) is 35.1 Å². The van der Waals surface area contributed by atoms with Crippen LogP contribution in [0.25, 0.3) is 5.69 Å². The van der Waals surface area contributed by atoms with E-state index < -0.39 is 0 Å². The zero-order chi connectivity index (χ0) is 21.8. The van der Waals surface area contributed by atoms with Crippen molar-refractivity contribution in [2.45, 2.75) is 51.7 Å². The minimum atomic E-state index is 0.0291. The van der Waals surface area contributed by atoms with E-state index in [9.17, 15) is 4.79 Å². The predicted octanol–water partition coefficient (Wildman–Crippen LogP) is 3.70. The molecule has 3 heterocycles. The maximum atomic E-state index is 13.6. The highest BCUT2D eigenvalue weighted by Gasteiger charge is 2.32. The van der Waals surface area contributed by atoms with Gasteiger partial charge in [-0.1, -0.05) is 17.7 Å². The van der Waals surface area contributed by atoms with E-state index in [1.807, 2.05) is 36.2 Å². The number of nitrogens with zero attached hydrogens (tertiary/aromatic N) is 5. The lowest BCUT2D eigenvalue weighted by Gasteiger charge is -2.39. The summed E-state index contributed by atoms with van der Waals surface area (Å²) in [7, 11) is 1.83. The molecule has 31 heavy (non-hydrogen) atoms. The number of aromatic nitrogens is 3. The van der Waals surface area contributed by atoms with Crippen molar-refractivity contribution >= 4 is 11.6 Å². The first kappa shape index (κ1) is 21.4. The molecule has 2 aliphatic heterocycles. The van der Waals surface area contributed by atoms with Crippen LogP contribution in [0, 0.1) is 5.92 Å². The van der Waals surface area contributed by atoms with Crippen LogP contribution < -0.4 is 0 Å². The Hall–Kier alpha value is -2.80. The van der Waals surface area contributed by atoms with E-state index in [1.54, 1.807) is 12.4 Å². The molecule has 7 nitrogen and oxygen atoms in total. The number of hydrogen-bond acceptors (Lipinski definition) is 5. The van der Waals surface area contributed by atoms with Gasteiger partial charge in [0.25, 0.3) is 5.91 Å². The summed E-state index contributed by atoms with van der Waals surface area (Å²) in [6.45, 7) is 5.80. The number of hydrogen-bond donors (Lipinski definition) is 0. The molecule has 7 heteroatoms. The second-order valence-corrected chi connectivity index (χ2v) is 8.45. The number of amides is 1. The summed E-state index contributed by atoms with van der Waals surface area (Å²) in [6.07, 6.45) is 9.69. The standard InChI is InChI=1S/C24H31N5O2/c1-17(15-21(25-3)23-9-6-14-31-23)19-11-10-18(2)28(16-19)24(30)20-7-4-5-8-22(20)29-26-12-13-27-29/h4-5,7-8,12-13,15,18-19,23H,6,9-11,14,16H2,1-3H3/b17-15+,25-21?/t18-,19?,23?/m1/s1. The average molecular weight is 422 g/mol. The second-order valence-electron chi connectivity index (χ2n) is 8.45. The molecule has 0 saturated carbocycles. The van der Waals surface area contributed by atoms with Crippen LogP contribution in [0.1, 0.15) is 49.9 Å². The number of para-hydroxylation sites is 1. The summed E-state index contributed by atoms with van der Waals surface area (Å²) in [4.78, 5) is 21.6. The summed E-state index contributed by atoms with van der Waals surface area (Å²) in [5, 5.41) is 8.43. The minimum Gasteiger partial charge on any atom is -0.372 e.